The van der Waals surface area contributed by atoms with Crippen molar-refractivity contribution < 1.29 is 9.21 Å². The van der Waals surface area contributed by atoms with Crippen LogP contribution in [0.3, 0.4) is 0 Å². The fourth-order valence-corrected chi connectivity index (χ4v) is 2.65. The molecule has 0 spiro atoms. The van der Waals surface area contributed by atoms with Gasteiger partial charge in [-0.3, -0.25) is 9.36 Å². The SMILES string of the molecule is CC(=O)n1c2ccccc2c2c(C)c(=O)oc(C)c21. The third-order valence-corrected chi connectivity index (χ3v) is 3.45. The highest BCUT2D eigenvalue weighted by atomic mass is 16.4. The summed E-state index contributed by atoms with van der Waals surface area (Å²) in [7, 11) is 0. The second kappa shape index (κ2) is 3.82. The van der Waals surface area contributed by atoms with Crippen molar-refractivity contribution in [3.63, 3.8) is 0 Å². The van der Waals surface area contributed by atoms with E-state index in [1.165, 1.54) is 6.92 Å². The van der Waals surface area contributed by atoms with Gasteiger partial charge in [0.15, 0.2) is 0 Å². The molecule has 0 saturated heterocycles. The number of hydrogen-bond donors (Lipinski definition) is 0. The predicted octanol–water partition coefficient (Wildman–Crippen LogP) is 3.02. The number of nitrogens with zero attached hydrogens (tertiary/aromatic N) is 1. The molecule has 4 nitrogen and oxygen atoms in total. The highest BCUT2D eigenvalue weighted by Gasteiger charge is 2.19. The average Bonchev–Trinajstić information content (AvgIpc) is 2.71. The molecule has 0 aliphatic rings. The molecule has 3 rings (SSSR count). The highest BCUT2D eigenvalue weighted by molar-refractivity contribution is 6.14. The lowest BCUT2D eigenvalue weighted by Crippen LogP contribution is -2.09. The van der Waals surface area contributed by atoms with E-state index in [2.05, 4.69) is 0 Å². The van der Waals surface area contributed by atoms with E-state index < -0.39 is 0 Å². The zero-order chi connectivity index (χ0) is 13.7. The van der Waals surface area contributed by atoms with Gasteiger partial charge in [-0.15, -0.1) is 0 Å². The zero-order valence-electron chi connectivity index (χ0n) is 11.0. The molecule has 0 aliphatic heterocycles. The van der Waals surface area contributed by atoms with E-state index >= 15 is 0 Å². The topological polar surface area (TPSA) is 52.2 Å². The number of carbonyl (C=O) groups excluding carboxylic acids is 1. The van der Waals surface area contributed by atoms with Crippen molar-refractivity contribution in [3.05, 3.63) is 46.0 Å². The summed E-state index contributed by atoms with van der Waals surface area (Å²) in [5.41, 5.74) is 1.68. The van der Waals surface area contributed by atoms with E-state index in [4.69, 9.17) is 4.42 Å². The van der Waals surface area contributed by atoms with Gasteiger partial charge in [0.25, 0.3) is 0 Å². The Kier molecular flexibility index (Phi) is 2.35. The number of para-hydroxylation sites is 1. The lowest BCUT2D eigenvalue weighted by atomic mass is 10.1. The monoisotopic (exact) mass is 255 g/mol. The van der Waals surface area contributed by atoms with Crippen molar-refractivity contribution in [2.75, 3.05) is 0 Å². The number of rotatable bonds is 0. The summed E-state index contributed by atoms with van der Waals surface area (Å²) in [5, 5.41) is 1.71. The van der Waals surface area contributed by atoms with Crippen LogP contribution in [0.4, 0.5) is 0 Å². The number of aromatic nitrogens is 1. The number of aryl methyl sites for hydroxylation is 2. The molecule has 96 valence electrons. The average molecular weight is 255 g/mol. The van der Waals surface area contributed by atoms with Crippen molar-refractivity contribution in [1.82, 2.24) is 4.57 Å². The van der Waals surface area contributed by atoms with Crippen LogP contribution in [-0.4, -0.2) is 10.5 Å². The Morgan fingerprint density at radius 3 is 2.58 bits per heavy atom. The minimum Gasteiger partial charge on any atom is -0.426 e. The molecule has 0 saturated carbocycles. The van der Waals surface area contributed by atoms with Gasteiger partial charge >= 0.3 is 5.63 Å². The van der Waals surface area contributed by atoms with E-state index in [1.54, 1.807) is 18.4 Å². The largest absolute Gasteiger partial charge is 0.426 e. The summed E-state index contributed by atoms with van der Waals surface area (Å²) >= 11 is 0. The first kappa shape index (κ1) is 11.7. The van der Waals surface area contributed by atoms with Gasteiger partial charge in [-0.1, -0.05) is 18.2 Å². The van der Waals surface area contributed by atoms with Gasteiger partial charge in [-0.25, -0.2) is 4.79 Å². The van der Waals surface area contributed by atoms with Crippen molar-refractivity contribution in [3.8, 4) is 0 Å². The predicted molar refractivity (Wildman–Crippen MR) is 73.8 cm³/mol. The highest BCUT2D eigenvalue weighted by Crippen LogP contribution is 2.31. The third kappa shape index (κ3) is 1.46. The summed E-state index contributed by atoms with van der Waals surface area (Å²) in [5.74, 6) is 0.375. The summed E-state index contributed by atoms with van der Waals surface area (Å²) in [6, 6.07) is 7.57. The minimum atomic E-state index is -0.351. The van der Waals surface area contributed by atoms with Gasteiger partial charge < -0.3 is 4.42 Å². The van der Waals surface area contributed by atoms with Crippen LogP contribution in [-0.2, 0) is 0 Å². The Hall–Kier alpha value is -2.36. The molecule has 0 radical (unpaired) electrons. The van der Waals surface area contributed by atoms with Gasteiger partial charge in [0.1, 0.15) is 5.76 Å². The van der Waals surface area contributed by atoms with Gasteiger partial charge in [0.05, 0.1) is 11.0 Å². The van der Waals surface area contributed by atoms with Crippen LogP contribution in [0.2, 0.25) is 0 Å². The van der Waals surface area contributed by atoms with Crippen molar-refractivity contribution in [2.24, 2.45) is 0 Å². The molecule has 0 aliphatic carbocycles. The molecule has 0 N–H and O–H groups in total. The van der Waals surface area contributed by atoms with Crippen LogP contribution in [0.5, 0.6) is 0 Å². The number of hydrogen-bond acceptors (Lipinski definition) is 3. The first-order valence-electron chi connectivity index (χ1n) is 6.06. The van der Waals surface area contributed by atoms with Crippen molar-refractivity contribution >= 4 is 27.7 Å². The van der Waals surface area contributed by atoms with Gasteiger partial charge in [-0.2, -0.15) is 0 Å². The molecular formula is C15H13NO3. The van der Waals surface area contributed by atoms with Gasteiger partial charge in [-0.05, 0) is 19.9 Å². The molecule has 2 aromatic heterocycles. The Bertz CT molecular complexity index is 884. The molecule has 0 fully saturated rings. The Morgan fingerprint density at radius 1 is 1.21 bits per heavy atom. The molecule has 2 heterocycles. The Balaban J connectivity index is 2.76. The zero-order valence-corrected chi connectivity index (χ0v) is 11.0. The summed E-state index contributed by atoms with van der Waals surface area (Å²) in [6.07, 6.45) is 0. The van der Waals surface area contributed by atoms with Crippen LogP contribution in [0, 0.1) is 13.8 Å². The second-order valence-corrected chi connectivity index (χ2v) is 4.67. The molecule has 1 aromatic carbocycles. The summed E-state index contributed by atoms with van der Waals surface area (Å²) in [6.45, 7) is 4.94. The second-order valence-electron chi connectivity index (χ2n) is 4.67. The van der Waals surface area contributed by atoms with E-state index in [-0.39, 0.29) is 11.5 Å². The smallest absolute Gasteiger partial charge is 0.339 e. The first-order valence-corrected chi connectivity index (χ1v) is 6.06. The number of carbonyl (C=O) groups is 1. The standard InChI is InChI=1S/C15H13NO3/c1-8-13-11-6-4-5-7-12(11)16(10(3)17)14(13)9(2)19-15(8)18/h4-7H,1-3H3. The van der Waals surface area contributed by atoms with Crippen molar-refractivity contribution in [2.45, 2.75) is 20.8 Å². The molecule has 0 amide bonds. The van der Waals surface area contributed by atoms with Crippen LogP contribution < -0.4 is 5.63 Å². The fraction of sp³-hybridized carbons (Fsp3) is 0.200. The van der Waals surface area contributed by atoms with E-state index in [0.29, 0.717) is 16.8 Å². The maximum atomic E-state index is 11.9. The van der Waals surface area contributed by atoms with E-state index in [1.807, 2.05) is 24.3 Å². The molecular weight excluding hydrogens is 242 g/mol. The molecule has 19 heavy (non-hydrogen) atoms. The third-order valence-electron chi connectivity index (χ3n) is 3.45. The minimum absolute atomic E-state index is 0.0949. The van der Waals surface area contributed by atoms with Crippen LogP contribution in [0.15, 0.2) is 33.5 Å². The molecule has 0 atom stereocenters. The van der Waals surface area contributed by atoms with Crippen LogP contribution >= 0.6 is 0 Å². The van der Waals surface area contributed by atoms with Crippen molar-refractivity contribution in [1.29, 1.82) is 0 Å². The number of benzene rings is 1. The Labute approximate surface area is 109 Å². The van der Waals surface area contributed by atoms with Crippen LogP contribution in [0.25, 0.3) is 21.8 Å². The molecule has 0 bridgehead atoms. The number of fused-ring (bicyclic) bond motifs is 3. The van der Waals surface area contributed by atoms with E-state index in [9.17, 15) is 9.59 Å². The quantitative estimate of drug-likeness (QED) is 0.620. The maximum Gasteiger partial charge on any atom is 0.339 e. The summed E-state index contributed by atoms with van der Waals surface area (Å²) < 4.78 is 6.82. The van der Waals surface area contributed by atoms with Crippen LogP contribution in [0.1, 0.15) is 23.0 Å². The molecule has 3 aromatic rings. The lowest BCUT2D eigenvalue weighted by Gasteiger charge is -2.03. The first-order chi connectivity index (χ1) is 9.02. The Morgan fingerprint density at radius 2 is 1.89 bits per heavy atom. The lowest BCUT2D eigenvalue weighted by molar-refractivity contribution is 0.0945. The van der Waals surface area contributed by atoms with Gasteiger partial charge in [0, 0.05) is 23.3 Å². The molecule has 4 heteroatoms. The molecule has 0 unspecified atom stereocenters. The maximum absolute atomic E-state index is 11.9. The van der Waals surface area contributed by atoms with Gasteiger partial charge in [0.2, 0.25) is 5.91 Å². The van der Waals surface area contributed by atoms with E-state index in [0.717, 1.165) is 16.3 Å². The normalized spacial score (nSPS) is 11.3. The fourth-order valence-electron chi connectivity index (χ4n) is 2.65. The summed E-state index contributed by atoms with van der Waals surface area (Å²) in [4.78, 5) is 23.7.